The molecule has 0 aromatic carbocycles. The van der Waals surface area contributed by atoms with Crippen LogP contribution in [0.15, 0.2) is 6.07 Å². The van der Waals surface area contributed by atoms with Crippen molar-refractivity contribution in [2.75, 3.05) is 37.4 Å². The number of aromatic nitrogens is 2. The molecule has 0 aliphatic carbocycles. The zero-order valence-electron chi connectivity index (χ0n) is 13.4. The minimum atomic E-state index is 0.285. The number of anilines is 2. The van der Waals surface area contributed by atoms with Gasteiger partial charge in [0.25, 0.3) is 0 Å². The fourth-order valence-electron chi connectivity index (χ4n) is 2.64. The van der Waals surface area contributed by atoms with Crippen LogP contribution in [0.3, 0.4) is 0 Å². The summed E-state index contributed by atoms with van der Waals surface area (Å²) >= 11 is 0. The van der Waals surface area contributed by atoms with Gasteiger partial charge in [0.05, 0.1) is 0 Å². The van der Waals surface area contributed by atoms with E-state index in [9.17, 15) is 0 Å². The van der Waals surface area contributed by atoms with E-state index in [1.807, 2.05) is 6.07 Å². The van der Waals surface area contributed by atoms with Gasteiger partial charge in [-0.1, -0.05) is 13.8 Å². The van der Waals surface area contributed by atoms with Crippen molar-refractivity contribution in [1.82, 2.24) is 14.9 Å². The second-order valence-electron chi connectivity index (χ2n) is 6.26. The van der Waals surface area contributed by atoms with Crippen LogP contribution in [-0.4, -0.2) is 41.5 Å². The molecule has 1 saturated heterocycles. The summed E-state index contributed by atoms with van der Waals surface area (Å²) in [6, 6.07) is 1.86. The van der Waals surface area contributed by atoms with E-state index in [-0.39, 0.29) is 5.92 Å². The lowest BCUT2D eigenvalue weighted by Gasteiger charge is -2.28. The van der Waals surface area contributed by atoms with Crippen molar-refractivity contribution >= 4 is 11.6 Å². The Bertz CT molecular complexity index is 440. The third-order valence-corrected chi connectivity index (χ3v) is 4.10. The van der Waals surface area contributed by atoms with Gasteiger partial charge in [0.1, 0.15) is 17.5 Å². The maximum Gasteiger partial charge on any atom is 0.145 e. The molecule has 6 nitrogen and oxygen atoms in total. The summed E-state index contributed by atoms with van der Waals surface area (Å²) in [6.07, 6.45) is 3.80. The summed E-state index contributed by atoms with van der Waals surface area (Å²) in [5.41, 5.74) is 2.61. The van der Waals surface area contributed by atoms with Gasteiger partial charge in [0.15, 0.2) is 0 Å². The highest BCUT2D eigenvalue weighted by Crippen LogP contribution is 2.20. The predicted octanol–water partition coefficient (Wildman–Crippen LogP) is 2.03. The fourth-order valence-corrected chi connectivity index (χ4v) is 2.64. The quantitative estimate of drug-likeness (QED) is 0.550. The van der Waals surface area contributed by atoms with Crippen LogP contribution >= 0.6 is 0 Å². The maximum atomic E-state index is 5.47. The fraction of sp³-hybridized carbons (Fsp3) is 0.733. The molecule has 0 unspecified atom stereocenters. The molecule has 6 heteroatoms. The molecule has 0 bridgehead atoms. The Hall–Kier alpha value is -1.40. The molecule has 118 valence electrons. The number of rotatable bonds is 6. The largest absolute Gasteiger partial charge is 0.370 e. The number of piperidine rings is 1. The molecule has 1 aromatic heterocycles. The van der Waals surface area contributed by atoms with Crippen molar-refractivity contribution in [2.45, 2.75) is 39.0 Å². The van der Waals surface area contributed by atoms with E-state index in [0.717, 1.165) is 24.1 Å². The van der Waals surface area contributed by atoms with E-state index >= 15 is 0 Å². The first-order valence-corrected chi connectivity index (χ1v) is 7.86. The van der Waals surface area contributed by atoms with Gasteiger partial charge in [-0.2, -0.15) is 0 Å². The maximum absolute atomic E-state index is 5.47. The summed E-state index contributed by atoms with van der Waals surface area (Å²) in [5.74, 6) is 8.92. The number of nitrogen functional groups attached to an aromatic ring is 1. The first-order chi connectivity index (χ1) is 10.1. The average molecular weight is 292 g/mol. The molecule has 4 N–H and O–H groups in total. The van der Waals surface area contributed by atoms with Crippen molar-refractivity contribution in [1.29, 1.82) is 0 Å². The van der Waals surface area contributed by atoms with E-state index < -0.39 is 0 Å². The Morgan fingerprint density at radius 2 is 1.95 bits per heavy atom. The third-order valence-electron chi connectivity index (χ3n) is 4.10. The number of hydrogen-bond donors (Lipinski definition) is 3. The molecule has 21 heavy (non-hydrogen) atoms. The molecule has 0 spiro atoms. The summed E-state index contributed by atoms with van der Waals surface area (Å²) in [7, 11) is 2.20. The van der Waals surface area contributed by atoms with Gasteiger partial charge in [-0.3, -0.25) is 0 Å². The van der Waals surface area contributed by atoms with Gasteiger partial charge in [-0.15, -0.1) is 0 Å². The standard InChI is InChI=1S/C15H28N6/c1-11(2)15-18-13(10-14(19-15)20-16)17-7-4-12-5-8-21(3)9-6-12/h10-12H,4-9,16H2,1-3H3,(H2,17,18,19,20). The summed E-state index contributed by atoms with van der Waals surface area (Å²) in [6.45, 7) is 7.55. The van der Waals surface area contributed by atoms with Gasteiger partial charge in [-0.05, 0) is 45.3 Å². The number of nitrogens with two attached hydrogens (primary N) is 1. The molecule has 1 aromatic rings. The van der Waals surface area contributed by atoms with Gasteiger partial charge >= 0.3 is 0 Å². The highest BCUT2D eigenvalue weighted by Gasteiger charge is 2.16. The van der Waals surface area contributed by atoms with Gasteiger partial charge in [-0.25, -0.2) is 15.8 Å². The van der Waals surface area contributed by atoms with Gasteiger partial charge < -0.3 is 15.6 Å². The zero-order chi connectivity index (χ0) is 15.2. The van der Waals surface area contributed by atoms with Gasteiger partial charge in [0.2, 0.25) is 0 Å². The Morgan fingerprint density at radius 3 is 2.57 bits per heavy atom. The lowest BCUT2D eigenvalue weighted by atomic mass is 9.94. The highest BCUT2D eigenvalue weighted by atomic mass is 15.3. The number of hydrazine groups is 1. The minimum Gasteiger partial charge on any atom is -0.370 e. The molecule has 0 radical (unpaired) electrons. The second-order valence-corrected chi connectivity index (χ2v) is 6.26. The predicted molar refractivity (Wildman–Crippen MR) is 87.3 cm³/mol. The smallest absolute Gasteiger partial charge is 0.145 e. The first-order valence-electron chi connectivity index (χ1n) is 7.86. The third kappa shape index (κ3) is 4.82. The molecule has 1 fully saturated rings. The first kappa shape index (κ1) is 16.0. The molecule has 2 heterocycles. The van der Waals surface area contributed by atoms with Crippen LogP contribution in [0.4, 0.5) is 11.6 Å². The Labute approximate surface area is 127 Å². The summed E-state index contributed by atoms with van der Waals surface area (Å²) in [5, 5.41) is 3.41. The van der Waals surface area contributed by atoms with Crippen LogP contribution in [0.1, 0.15) is 44.9 Å². The Balaban J connectivity index is 1.86. The summed E-state index contributed by atoms with van der Waals surface area (Å²) < 4.78 is 0. The van der Waals surface area contributed by atoms with Crippen LogP contribution < -0.4 is 16.6 Å². The van der Waals surface area contributed by atoms with Gasteiger partial charge in [0, 0.05) is 18.5 Å². The van der Waals surface area contributed by atoms with E-state index in [0.29, 0.717) is 5.82 Å². The normalized spacial score (nSPS) is 17.2. The molecule has 0 amide bonds. The van der Waals surface area contributed by atoms with Crippen molar-refractivity contribution in [3.05, 3.63) is 11.9 Å². The molecule has 1 aliphatic heterocycles. The monoisotopic (exact) mass is 292 g/mol. The molecule has 0 atom stereocenters. The number of nitrogens with one attached hydrogen (secondary N) is 2. The summed E-state index contributed by atoms with van der Waals surface area (Å²) in [4.78, 5) is 11.3. The molecular weight excluding hydrogens is 264 g/mol. The van der Waals surface area contributed by atoms with Crippen molar-refractivity contribution < 1.29 is 0 Å². The number of likely N-dealkylation sites (tertiary alicyclic amines) is 1. The second kappa shape index (κ2) is 7.56. The van der Waals surface area contributed by atoms with E-state index in [4.69, 9.17) is 5.84 Å². The highest BCUT2D eigenvalue weighted by molar-refractivity contribution is 5.47. The Kier molecular flexibility index (Phi) is 5.76. The lowest BCUT2D eigenvalue weighted by Crippen LogP contribution is -2.30. The molecular formula is C15H28N6. The van der Waals surface area contributed by atoms with Crippen molar-refractivity contribution in [3.63, 3.8) is 0 Å². The zero-order valence-corrected chi connectivity index (χ0v) is 13.4. The van der Waals surface area contributed by atoms with Crippen LogP contribution in [0.25, 0.3) is 0 Å². The van der Waals surface area contributed by atoms with Crippen molar-refractivity contribution in [3.8, 4) is 0 Å². The average Bonchev–Trinajstić information content (AvgIpc) is 2.49. The number of nitrogens with zero attached hydrogens (tertiary/aromatic N) is 3. The van der Waals surface area contributed by atoms with Crippen LogP contribution in [0, 0.1) is 5.92 Å². The Morgan fingerprint density at radius 1 is 1.29 bits per heavy atom. The lowest BCUT2D eigenvalue weighted by molar-refractivity contribution is 0.215. The van der Waals surface area contributed by atoms with Crippen molar-refractivity contribution in [2.24, 2.45) is 11.8 Å². The van der Waals surface area contributed by atoms with E-state index in [2.05, 4.69) is 46.5 Å². The SMILES string of the molecule is CC(C)c1nc(NN)cc(NCCC2CCN(C)CC2)n1. The van der Waals surface area contributed by atoms with E-state index in [1.165, 1.54) is 32.4 Å². The van der Waals surface area contributed by atoms with Crippen LogP contribution in [0.2, 0.25) is 0 Å². The van der Waals surface area contributed by atoms with Crippen LogP contribution in [0.5, 0.6) is 0 Å². The molecule has 0 saturated carbocycles. The molecule has 2 rings (SSSR count). The minimum absolute atomic E-state index is 0.285. The van der Waals surface area contributed by atoms with Crippen LogP contribution in [-0.2, 0) is 0 Å². The van der Waals surface area contributed by atoms with E-state index in [1.54, 1.807) is 0 Å². The molecule has 1 aliphatic rings. The number of hydrogen-bond acceptors (Lipinski definition) is 6. The topological polar surface area (TPSA) is 79.1 Å².